The summed E-state index contributed by atoms with van der Waals surface area (Å²) in [5.74, 6) is -0.672. The normalized spacial score (nSPS) is 14.8. The topological polar surface area (TPSA) is 92.3 Å². The predicted octanol–water partition coefficient (Wildman–Crippen LogP) is 4.03. The second kappa shape index (κ2) is 12.5. The highest BCUT2D eigenvalue weighted by atomic mass is 35.6. The van der Waals surface area contributed by atoms with E-state index in [2.05, 4.69) is 39.2 Å². The largest absolute Gasteiger partial charge is 0.467 e. The van der Waals surface area contributed by atoms with E-state index in [0.29, 0.717) is 0 Å². The lowest BCUT2D eigenvalue weighted by molar-refractivity contribution is -0.145. The van der Waals surface area contributed by atoms with Crippen LogP contribution in [0.2, 0.25) is 18.1 Å². The van der Waals surface area contributed by atoms with Crippen molar-refractivity contribution < 1.29 is 33.0 Å². The van der Waals surface area contributed by atoms with Gasteiger partial charge in [-0.05, 0) is 18.1 Å². The highest BCUT2D eigenvalue weighted by Gasteiger charge is 2.38. The monoisotopic (exact) mass is 495 g/mol. The number of rotatable bonds is 11. The molecule has 172 valence electrons. The van der Waals surface area contributed by atoms with E-state index in [0.717, 1.165) is 0 Å². The van der Waals surface area contributed by atoms with E-state index in [1.54, 1.807) is 0 Å². The number of nitrogens with one attached hydrogen (secondary N) is 1. The van der Waals surface area contributed by atoms with Crippen LogP contribution in [-0.4, -0.2) is 70.5 Å². The number of halogens is 3. The fraction of sp³-hybridized carbons (Fsp3) is 0.882. The number of hydrogen-bond donors (Lipinski definition) is 1. The number of alkyl halides is 3. The van der Waals surface area contributed by atoms with Gasteiger partial charge in [-0.3, -0.25) is 0 Å². The van der Waals surface area contributed by atoms with Gasteiger partial charge in [0, 0.05) is 13.5 Å². The van der Waals surface area contributed by atoms with E-state index in [-0.39, 0.29) is 24.9 Å². The van der Waals surface area contributed by atoms with Crippen LogP contribution in [0.15, 0.2) is 0 Å². The summed E-state index contributed by atoms with van der Waals surface area (Å²) in [6, 6.07) is -1.05. The van der Waals surface area contributed by atoms with Crippen LogP contribution in [0.5, 0.6) is 0 Å². The van der Waals surface area contributed by atoms with E-state index in [4.69, 9.17) is 58.2 Å². The van der Waals surface area contributed by atoms with Crippen molar-refractivity contribution in [1.29, 1.82) is 0 Å². The Morgan fingerprint density at radius 3 is 2.14 bits per heavy atom. The van der Waals surface area contributed by atoms with Crippen LogP contribution >= 0.6 is 34.8 Å². The minimum absolute atomic E-state index is 0.000205. The van der Waals surface area contributed by atoms with Gasteiger partial charge in [0.15, 0.2) is 8.32 Å². The molecule has 0 saturated heterocycles. The molecule has 8 nitrogen and oxygen atoms in total. The first-order valence-electron chi connectivity index (χ1n) is 8.95. The van der Waals surface area contributed by atoms with Gasteiger partial charge < -0.3 is 28.7 Å². The molecule has 0 rings (SSSR count). The average molecular weight is 497 g/mol. The SMILES string of the molecule is COCO[C@@H](CO[Si](C)(C)C(C)(C)C)C[C@@H](NC(=O)OCC(Cl)(Cl)Cl)C(=O)OC. The van der Waals surface area contributed by atoms with Crippen molar-refractivity contribution in [2.45, 2.75) is 61.3 Å². The highest BCUT2D eigenvalue weighted by Crippen LogP contribution is 2.36. The molecule has 0 aromatic carbocycles. The van der Waals surface area contributed by atoms with Crippen LogP contribution < -0.4 is 5.32 Å². The zero-order valence-corrected chi connectivity index (χ0v) is 21.2. The summed E-state index contributed by atoms with van der Waals surface area (Å²) >= 11 is 16.7. The maximum absolute atomic E-state index is 12.1. The van der Waals surface area contributed by atoms with E-state index < -0.39 is 42.9 Å². The third-order valence-electron chi connectivity index (χ3n) is 4.50. The molecule has 29 heavy (non-hydrogen) atoms. The Morgan fingerprint density at radius 1 is 1.10 bits per heavy atom. The van der Waals surface area contributed by atoms with Crippen LogP contribution in [-0.2, 0) is 28.2 Å². The Morgan fingerprint density at radius 2 is 1.69 bits per heavy atom. The number of alkyl carbamates (subject to hydrolysis) is 1. The molecule has 0 heterocycles. The minimum atomic E-state index is -2.05. The van der Waals surface area contributed by atoms with E-state index in [1.165, 1.54) is 14.2 Å². The van der Waals surface area contributed by atoms with Gasteiger partial charge in [-0.15, -0.1) is 0 Å². The van der Waals surface area contributed by atoms with Crippen molar-refractivity contribution in [3.63, 3.8) is 0 Å². The van der Waals surface area contributed by atoms with Gasteiger partial charge in [-0.2, -0.15) is 0 Å². The third-order valence-corrected chi connectivity index (χ3v) is 9.33. The molecule has 0 spiro atoms. The quantitative estimate of drug-likeness (QED) is 0.200. The van der Waals surface area contributed by atoms with Gasteiger partial charge in [0.1, 0.15) is 19.4 Å². The van der Waals surface area contributed by atoms with Crippen molar-refractivity contribution in [1.82, 2.24) is 5.32 Å². The van der Waals surface area contributed by atoms with Crippen LogP contribution in [0, 0.1) is 0 Å². The van der Waals surface area contributed by atoms with Crippen LogP contribution in [0.3, 0.4) is 0 Å². The summed E-state index contributed by atoms with van der Waals surface area (Å²) in [6.07, 6.45) is -1.39. The first-order chi connectivity index (χ1) is 13.1. The van der Waals surface area contributed by atoms with Crippen LogP contribution in [0.4, 0.5) is 4.79 Å². The summed E-state index contributed by atoms with van der Waals surface area (Å²) in [4.78, 5) is 24.1. The molecule has 0 aromatic heterocycles. The smallest absolute Gasteiger partial charge is 0.407 e. The maximum atomic E-state index is 12.1. The molecule has 0 aliphatic carbocycles. The minimum Gasteiger partial charge on any atom is -0.467 e. The van der Waals surface area contributed by atoms with Crippen molar-refractivity contribution in [3.8, 4) is 0 Å². The number of methoxy groups -OCH3 is 2. The lowest BCUT2D eigenvalue weighted by Crippen LogP contribution is -2.47. The molecule has 0 bridgehead atoms. The second-order valence-electron chi connectivity index (χ2n) is 7.91. The fourth-order valence-electron chi connectivity index (χ4n) is 1.82. The lowest BCUT2D eigenvalue weighted by atomic mass is 10.1. The zero-order valence-electron chi connectivity index (χ0n) is 18.0. The van der Waals surface area contributed by atoms with Gasteiger partial charge in [0.2, 0.25) is 3.79 Å². The van der Waals surface area contributed by atoms with E-state index >= 15 is 0 Å². The lowest BCUT2D eigenvalue weighted by Gasteiger charge is -2.37. The number of hydrogen-bond acceptors (Lipinski definition) is 7. The summed E-state index contributed by atoms with van der Waals surface area (Å²) in [5, 5.41) is 2.40. The molecule has 12 heteroatoms. The highest BCUT2D eigenvalue weighted by molar-refractivity contribution is 6.74. The Hall–Kier alpha value is -0.293. The Balaban J connectivity index is 5.12. The summed E-state index contributed by atoms with van der Waals surface area (Å²) in [7, 11) is 0.639. The number of carbonyl (C=O) groups is 2. The van der Waals surface area contributed by atoms with Gasteiger partial charge in [0.05, 0.1) is 19.8 Å². The second-order valence-corrected chi connectivity index (χ2v) is 15.2. The molecule has 2 atom stereocenters. The summed E-state index contributed by atoms with van der Waals surface area (Å²) < 4.78 is 24.6. The van der Waals surface area contributed by atoms with Gasteiger partial charge in [-0.25, -0.2) is 9.59 Å². The standard InChI is InChI=1S/C17H32Cl3NO7Si/c1-16(2,3)29(6,7)28-9-12(27-11-24-4)8-13(14(22)25-5)21-15(23)26-10-17(18,19)20/h12-13H,8-11H2,1-7H3,(H,21,23)/t12-,13-/m1/s1. The summed E-state index contributed by atoms with van der Waals surface area (Å²) in [5.41, 5.74) is 0. The predicted molar refractivity (Wildman–Crippen MR) is 115 cm³/mol. The first kappa shape index (κ1) is 28.7. The van der Waals surface area contributed by atoms with Crippen molar-refractivity contribution >= 4 is 55.2 Å². The summed E-state index contributed by atoms with van der Waals surface area (Å²) in [6.45, 7) is 10.3. The van der Waals surface area contributed by atoms with Gasteiger partial charge in [-0.1, -0.05) is 55.6 Å². The van der Waals surface area contributed by atoms with Gasteiger partial charge in [0.25, 0.3) is 0 Å². The average Bonchev–Trinajstić information content (AvgIpc) is 2.59. The number of ether oxygens (including phenoxy) is 4. The van der Waals surface area contributed by atoms with E-state index in [1.807, 2.05) is 0 Å². The molecule has 0 aromatic rings. The zero-order chi connectivity index (χ0) is 22.9. The Bertz CT molecular complexity index is 524. The van der Waals surface area contributed by atoms with Crippen molar-refractivity contribution in [3.05, 3.63) is 0 Å². The van der Waals surface area contributed by atoms with Gasteiger partial charge >= 0.3 is 12.1 Å². The van der Waals surface area contributed by atoms with Crippen molar-refractivity contribution in [2.24, 2.45) is 0 Å². The fourth-order valence-corrected chi connectivity index (χ4v) is 3.02. The molecule has 1 amide bonds. The molecule has 0 radical (unpaired) electrons. The molecule has 0 unspecified atom stereocenters. The number of carbonyl (C=O) groups excluding carboxylic acids is 2. The Labute approximate surface area is 188 Å². The van der Waals surface area contributed by atoms with Crippen molar-refractivity contribution in [2.75, 3.05) is 34.2 Å². The number of esters is 1. The molecule has 0 saturated carbocycles. The molecule has 0 aliphatic rings. The molecule has 1 N–H and O–H groups in total. The number of amides is 1. The van der Waals surface area contributed by atoms with Crippen LogP contribution in [0.25, 0.3) is 0 Å². The maximum Gasteiger partial charge on any atom is 0.407 e. The molecule has 0 aliphatic heterocycles. The molecule has 0 fully saturated rings. The van der Waals surface area contributed by atoms with Crippen LogP contribution in [0.1, 0.15) is 27.2 Å². The first-order valence-corrected chi connectivity index (χ1v) is 13.0. The molecular formula is C17H32Cl3NO7Si. The molecular weight excluding hydrogens is 465 g/mol. The Kier molecular flexibility index (Phi) is 12.4. The third kappa shape index (κ3) is 12.2. The van der Waals surface area contributed by atoms with E-state index in [9.17, 15) is 9.59 Å².